The topological polar surface area (TPSA) is 22.1 Å². The van der Waals surface area contributed by atoms with Crippen molar-refractivity contribution in [3.8, 4) is 11.3 Å². The van der Waals surface area contributed by atoms with Gasteiger partial charge in [-0.1, -0.05) is 90.0 Å². The van der Waals surface area contributed by atoms with Gasteiger partial charge in [0.25, 0.3) is 5.92 Å². The van der Waals surface area contributed by atoms with Gasteiger partial charge in [-0.05, 0) is 61.6 Å². The van der Waals surface area contributed by atoms with E-state index in [1.54, 1.807) is 6.07 Å². The van der Waals surface area contributed by atoms with Crippen LogP contribution in [0.5, 0.6) is 0 Å². The maximum Gasteiger partial charge on any atom is 0.280 e. The van der Waals surface area contributed by atoms with Gasteiger partial charge in [-0.25, -0.2) is 13.8 Å². The molecule has 0 amide bonds. The fourth-order valence-electron chi connectivity index (χ4n) is 5.50. The van der Waals surface area contributed by atoms with Gasteiger partial charge in [0.15, 0.2) is 0 Å². The van der Waals surface area contributed by atoms with E-state index in [0.29, 0.717) is 49.5 Å². The van der Waals surface area contributed by atoms with E-state index in [2.05, 4.69) is 37.9 Å². The highest BCUT2D eigenvalue weighted by Gasteiger charge is 2.47. The molecule has 1 heterocycles. The monoisotopic (exact) mass is 517 g/mol. The van der Waals surface area contributed by atoms with Crippen LogP contribution in [-0.2, 0) is 23.5 Å². The molecule has 2 nitrogen and oxygen atoms in total. The number of ether oxygens (including phenoxy) is 1. The third-order valence-corrected chi connectivity index (χ3v) is 7.78. The highest BCUT2D eigenvalue weighted by molar-refractivity contribution is 5.61. The second-order valence-electron chi connectivity index (χ2n) is 11.0. The van der Waals surface area contributed by atoms with Gasteiger partial charge in [0.05, 0.1) is 11.3 Å². The second kappa shape index (κ2) is 14.9. The maximum atomic E-state index is 15.4. The van der Waals surface area contributed by atoms with Crippen LogP contribution in [-0.4, -0.2) is 18.2 Å². The summed E-state index contributed by atoms with van der Waals surface area (Å²) in [5.41, 5.74) is 2.38. The molecule has 0 spiro atoms. The zero-order chi connectivity index (χ0) is 26.7. The van der Waals surface area contributed by atoms with Crippen LogP contribution in [0.15, 0.2) is 30.3 Å². The Bertz CT molecular complexity index is 944. The summed E-state index contributed by atoms with van der Waals surface area (Å²) in [5, 5.41) is 0. The van der Waals surface area contributed by atoms with Crippen LogP contribution >= 0.6 is 0 Å². The Kier molecular flexibility index (Phi) is 11.9. The molecule has 0 bridgehead atoms. The molecule has 1 aliphatic rings. The maximum absolute atomic E-state index is 15.4. The molecule has 0 fully saturated rings. The number of nitrogens with zero attached hydrogens (tertiary/aromatic N) is 1. The number of pyridine rings is 1. The Morgan fingerprint density at radius 1 is 0.973 bits per heavy atom. The summed E-state index contributed by atoms with van der Waals surface area (Å²) in [6, 6.07) is 9.66. The lowest BCUT2D eigenvalue weighted by Gasteiger charge is -2.33. The van der Waals surface area contributed by atoms with Crippen molar-refractivity contribution in [1.82, 2.24) is 4.98 Å². The molecule has 0 aliphatic heterocycles. The van der Waals surface area contributed by atoms with E-state index in [0.717, 1.165) is 37.9 Å². The Labute approximate surface area is 222 Å². The van der Waals surface area contributed by atoms with Crippen LogP contribution in [0.25, 0.3) is 11.3 Å². The first-order valence-corrected chi connectivity index (χ1v) is 14.6. The Hall–Kier alpha value is -1.88. The summed E-state index contributed by atoms with van der Waals surface area (Å²) in [5.74, 6) is -4.41. The van der Waals surface area contributed by atoms with E-state index in [4.69, 9.17) is 4.74 Å². The van der Waals surface area contributed by atoms with Crippen LogP contribution in [0, 0.1) is 17.8 Å². The third kappa shape index (κ3) is 8.56. The van der Waals surface area contributed by atoms with Gasteiger partial charge in [-0.2, -0.15) is 4.39 Å². The fraction of sp³-hybridized carbons (Fsp3) is 0.656. The summed E-state index contributed by atoms with van der Waals surface area (Å²) >= 11 is 0. The first-order valence-electron chi connectivity index (χ1n) is 14.6. The highest BCUT2D eigenvalue weighted by Crippen LogP contribution is 2.47. The molecule has 3 rings (SSSR count). The van der Waals surface area contributed by atoms with Crippen molar-refractivity contribution in [2.45, 2.75) is 110 Å². The lowest BCUT2D eigenvalue weighted by atomic mass is 9.78. The lowest BCUT2D eigenvalue weighted by molar-refractivity contribution is -0.0825. The summed E-state index contributed by atoms with van der Waals surface area (Å²) in [6.45, 7) is 8.10. The zero-order valence-electron chi connectivity index (χ0n) is 23.1. The molecule has 37 heavy (non-hydrogen) atoms. The molecule has 1 aromatic carbocycles. The minimum Gasteiger partial charge on any atom is -0.381 e. The molecule has 0 saturated heterocycles. The minimum atomic E-state index is -3.18. The Morgan fingerprint density at radius 3 is 2.38 bits per heavy atom. The second-order valence-corrected chi connectivity index (χ2v) is 11.0. The largest absolute Gasteiger partial charge is 0.381 e. The molecule has 1 aliphatic carbocycles. The van der Waals surface area contributed by atoms with Gasteiger partial charge >= 0.3 is 0 Å². The SMILES string of the molecule is CCCCCOCCCCCC1CCc2cc(-c3ccc(CC(C)CCCC)cc3)nc(F)c2C1(F)F. The van der Waals surface area contributed by atoms with Gasteiger partial charge in [0.2, 0.25) is 5.95 Å². The molecular weight excluding hydrogens is 471 g/mol. The predicted octanol–water partition coefficient (Wildman–Crippen LogP) is 9.68. The van der Waals surface area contributed by atoms with E-state index < -0.39 is 23.4 Å². The van der Waals surface area contributed by atoms with Gasteiger partial charge in [0.1, 0.15) is 0 Å². The third-order valence-electron chi connectivity index (χ3n) is 7.78. The average Bonchev–Trinajstić information content (AvgIpc) is 2.87. The first-order chi connectivity index (χ1) is 17.9. The highest BCUT2D eigenvalue weighted by atomic mass is 19.3. The van der Waals surface area contributed by atoms with Gasteiger partial charge in [-0.15, -0.1) is 0 Å². The predicted molar refractivity (Wildman–Crippen MR) is 147 cm³/mol. The number of aromatic nitrogens is 1. The minimum absolute atomic E-state index is 0.380. The van der Waals surface area contributed by atoms with Crippen molar-refractivity contribution in [2.75, 3.05) is 13.2 Å². The zero-order valence-corrected chi connectivity index (χ0v) is 23.1. The number of fused-ring (bicyclic) bond motifs is 1. The molecule has 2 aromatic rings. The average molecular weight is 518 g/mol. The van der Waals surface area contributed by atoms with Crippen LogP contribution < -0.4 is 0 Å². The quantitative estimate of drug-likeness (QED) is 0.163. The van der Waals surface area contributed by atoms with Crippen molar-refractivity contribution in [2.24, 2.45) is 11.8 Å². The van der Waals surface area contributed by atoms with Crippen LogP contribution in [0.2, 0.25) is 0 Å². The Balaban J connectivity index is 1.57. The van der Waals surface area contributed by atoms with Gasteiger partial charge in [-0.3, -0.25) is 0 Å². The number of hydrogen-bond donors (Lipinski definition) is 0. The number of halogens is 3. The van der Waals surface area contributed by atoms with E-state index in [1.165, 1.54) is 37.7 Å². The first kappa shape index (κ1) is 29.7. The van der Waals surface area contributed by atoms with E-state index in [9.17, 15) is 0 Å². The van der Waals surface area contributed by atoms with Crippen LogP contribution in [0.4, 0.5) is 13.2 Å². The normalized spacial score (nSPS) is 17.5. The number of benzene rings is 1. The number of aryl methyl sites for hydroxylation is 1. The van der Waals surface area contributed by atoms with Crippen LogP contribution in [0.1, 0.15) is 108 Å². The van der Waals surface area contributed by atoms with Gasteiger partial charge < -0.3 is 4.74 Å². The van der Waals surface area contributed by atoms with E-state index in [1.807, 2.05) is 12.1 Å². The van der Waals surface area contributed by atoms with Gasteiger partial charge in [0, 0.05) is 24.7 Å². The van der Waals surface area contributed by atoms with E-state index in [-0.39, 0.29) is 0 Å². The summed E-state index contributed by atoms with van der Waals surface area (Å²) < 4.78 is 51.4. The number of alkyl halides is 2. The molecule has 0 saturated carbocycles. The molecule has 0 radical (unpaired) electrons. The molecule has 5 heteroatoms. The van der Waals surface area contributed by atoms with Crippen molar-refractivity contribution >= 4 is 0 Å². The van der Waals surface area contributed by atoms with Crippen molar-refractivity contribution in [1.29, 1.82) is 0 Å². The van der Waals surface area contributed by atoms with Crippen molar-refractivity contribution in [3.05, 3.63) is 53.0 Å². The van der Waals surface area contributed by atoms with Crippen molar-refractivity contribution < 1.29 is 17.9 Å². The summed E-state index contributed by atoms with van der Waals surface area (Å²) in [6.07, 6.45) is 11.8. The summed E-state index contributed by atoms with van der Waals surface area (Å²) in [4.78, 5) is 4.01. The fourth-order valence-corrected chi connectivity index (χ4v) is 5.50. The molecule has 206 valence electrons. The van der Waals surface area contributed by atoms with E-state index >= 15 is 13.2 Å². The number of hydrogen-bond acceptors (Lipinski definition) is 2. The molecule has 2 unspecified atom stereocenters. The van der Waals surface area contributed by atoms with Crippen molar-refractivity contribution in [3.63, 3.8) is 0 Å². The molecule has 0 N–H and O–H groups in total. The molecule has 2 atom stereocenters. The standard InChI is InChI=1S/C32H46F3NO/c1-4-6-10-20-37-21-11-8-9-13-28-19-18-27-23-29(36-31(33)30(27)32(28,34)35)26-16-14-25(15-17-26)22-24(3)12-7-5-2/h14-17,23-24,28H,4-13,18-22H2,1-3H3. The molecule has 1 aromatic heterocycles. The molecular formula is C32H46F3NO. The summed E-state index contributed by atoms with van der Waals surface area (Å²) in [7, 11) is 0. The number of rotatable bonds is 16. The van der Waals surface area contributed by atoms with Crippen LogP contribution in [0.3, 0.4) is 0 Å². The number of unbranched alkanes of at least 4 members (excludes halogenated alkanes) is 5. The Morgan fingerprint density at radius 2 is 1.68 bits per heavy atom. The lowest BCUT2D eigenvalue weighted by Crippen LogP contribution is -2.33. The smallest absolute Gasteiger partial charge is 0.280 e.